The molecular formula is C14H22. The van der Waals surface area contributed by atoms with E-state index in [2.05, 4.69) is 65.5 Å². The molecule has 1 rings (SSSR count). The largest absolute Gasteiger partial charge is 0.121 e. The minimum Gasteiger partial charge on any atom is -0.121 e. The van der Waals surface area contributed by atoms with E-state index in [-0.39, 0.29) is 5.41 Å². The molecule has 1 unspecified atom stereocenters. The van der Waals surface area contributed by atoms with Crippen molar-refractivity contribution in [3.8, 4) is 0 Å². The van der Waals surface area contributed by atoms with E-state index in [1.54, 1.807) is 0 Å². The van der Waals surface area contributed by atoms with Gasteiger partial charge in [-0.2, -0.15) is 0 Å². The Hall–Kier alpha value is -0.740. The summed E-state index contributed by atoms with van der Waals surface area (Å²) in [7, 11) is 0. The maximum atomic E-state index is 3.42. The van der Waals surface area contributed by atoms with Crippen LogP contribution in [0.2, 0.25) is 0 Å². The molecule has 0 saturated carbocycles. The molecule has 0 nitrogen and oxygen atoms in total. The molecule has 0 aromatic rings. The molecule has 0 spiro atoms. The van der Waals surface area contributed by atoms with Gasteiger partial charge >= 0.3 is 0 Å². The third-order valence-corrected chi connectivity index (χ3v) is 2.70. The highest BCUT2D eigenvalue weighted by Gasteiger charge is 2.23. The molecule has 0 fully saturated rings. The topological polar surface area (TPSA) is 0 Å². The average molecular weight is 190 g/mol. The quantitative estimate of drug-likeness (QED) is 0.498. The Morgan fingerprint density at radius 3 is 1.93 bits per heavy atom. The molecule has 1 atom stereocenters. The summed E-state index contributed by atoms with van der Waals surface area (Å²) >= 11 is 0. The Balaban J connectivity index is 2.94. The molecule has 78 valence electrons. The molecule has 0 aliphatic heterocycles. The van der Waals surface area contributed by atoms with Crippen LogP contribution in [0.4, 0.5) is 0 Å². The van der Waals surface area contributed by atoms with Crippen LogP contribution in [-0.4, -0.2) is 0 Å². The number of allylic oxidation sites excluding steroid dienone is 3. The highest BCUT2D eigenvalue weighted by atomic mass is 14.3. The van der Waals surface area contributed by atoms with Crippen LogP contribution >= 0.6 is 0 Å². The lowest BCUT2D eigenvalue weighted by molar-refractivity contribution is 0.342. The third-order valence-electron chi connectivity index (χ3n) is 2.70. The van der Waals surface area contributed by atoms with Gasteiger partial charge in [-0.25, -0.2) is 0 Å². The van der Waals surface area contributed by atoms with Crippen LogP contribution in [0.5, 0.6) is 0 Å². The van der Waals surface area contributed by atoms with Crippen LogP contribution < -0.4 is 0 Å². The van der Waals surface area contributed by atoms with E-state index in [9.17, 15) is 0 Å². The molecule has 1 aliphatic carbocycles. The summed E-state index contributed by atoms with van der Waals surface area (Å²) in [5.41, 5.74) is 5.25. The Bertz CT molecular complexity index is 296. The van der Waals surface area contributed by atoms with E-state index in [4.69, 9.17) is 0 Å². The Labute approximate surface area is 88.4 Å². The van der Waals surface area contributed by atoms with Gasteiger partial charge in [-0.05, 0) is 22.5 Å². The van der Waals surface area contributed by atoms with Crippen LogP contribution in [0.25, 0.3) is 0 Å². The zero-order valence-corrected chi connectivity index (χ0v) is 10.3. The molecule has 0 radical (unpaired) electrons. The summed E-state index contributed by atoms with van der Waals surface area (Å²) in [6.45, 7) is 13.5. The van der Waals surface area contributed by atoms with Gasteiger partial charge in [-0.15, -0.1) is 5.73 Å². The van der Waals surface area contributed by atoms with Gasteiger partial charge in [0.25, 0.3) is 0 Å². The second-order valence-electron chi connectivity index (χ2n) is 6.23. The van der Waals surface area contributed by atoms with Crippen molar-refractivity contribution in [3.05, 3.63) is 29.5 Å². The summed E-state index contributed by atoms with van der Waals surface area (Å²) in [4.78, 5) is 0. The summed E-state index contributed by atoms with van der Waals surface area (Å²) in [5, 5.41) is 0. The van der Waals surface area contributed by atoms with Gasteiger partial charge in [-0.1, -0.05) is 53.7 Å². The molecule has 0 amide bonds. The molecule has 14 heavy (non-hydrogen) atoms. The predicted octanol–water partition coefficient (Wildman–Crippen LogP) is 4.35. The standard InChI is InChI=1S/C14H22/c1-13(2,3)11-7-9-12(10-8-11)14(4,5)6/h7-9,11H,1-6H3. The van der Waals surface area contributed by atoms with Gasteiger partial charge in [0.15, 0.2) is 0 Å². The van der Waals surface area contributed by atoms with Gasteiger partial charge in [0, 0.05) is 5.92 Å². The van der Waals surface area contributed by atoms with E-state index in [1.165, 1.54) is 5.57 Å². The van der Waals surface area contributed by atoms with E-state index in [1.807, 2.05) is 0 Å². The van der Waals surface area contributed by atoms with Crippen molar-refractivity contribution in [2.24, 2.45) is 16.7 Å². The van der Waals surface area contributed by atoms with Gasteiger partial charge in [0.05, 0.1) is 0 Å². The van der Waals surface area contributed by atoms with E-state index < -0.39 is 0 Å². The third kappa shape index (κ3) is 2.62. The Morgan fingerprint density at radius 2 is 1.64 bits per heavy atom. The first-order chi connectivity index (χ1) is 6.21. The van der Waals surface area contributed by atoms with Crippen molar-refractivity contribution in [2.45, 2.75) is 41.5 Å². The first kappa shape index (κ1) is 11.3. The van der Waals surface area contributed by atoms with Crippen LogP contribution in [0.3, 0.4) is 0 Å². The molecule has 0 aromatic carbocycles. The maximum absolute atomic E-state index is 3.42. The molecule has 0 heteroatoms. The van der Waals surface area contributed by atoms with Crippen molar-refractivity contribution in [1.82, 2.24) is 0 Å². The second kappa shape index (κ2) is 3.44. The Kier molecular flexibility index (Phi) is 2.78. The molecule has 1 aliphatic rings. The molecule has 0 aromatic heterocycles. The summed E-state index contributed by atoms with van der Waals surface area (Å²) in [5.74, 6) is 0.522. The smallest absolute Gasteiger partial charge is 0.00746 e. The van der Waals surface area contributed by atoms with Gasteiger partial charge in [0.1, 0.15) is 0 Å². The summed E-state index contributed by atoms with van der Waals surface area (Å²) in [6.07, 6.45) is 6.74. The fraction of sp³-hybridized carbons (Fsp3) is 0.643. The van der Waals surface area contributed by atoms with Crippen LogP contribution in [0.15, 0.2) is 29.5 Å². The molecule has 0 saturated heterocycles. The maximum Gasteiger partial charge on any atom is 0.00746 e. The van der Waals surface area contributed by atoms with E-state index >= 15 is 0 Å². The van der Waals surface area contributed by atoms with Crippen LogP contribution in [-0.2, 0) is 0 Å². The molecular weight excluding hydrogens is 168 g/mol. The average Bonchev–Trinajstić information content (AvgIpc) is 2.01. The van der Waals surface area contributed by atoms with Crippen LogP contribution in [0.1, 0.15) is 41.5 Å². The first-order valence-electron chi connectivity index (χ1n) is 5.37. The zero-order valence-electron chi connectivity index (χ0n) is 10.3. The lowest BCUT2D eigenvalue weighted by Gasteiger charge is -2.28. The molecule has 0 N–H and O–H groups in total. The summed E-state index contributed by atoms with van der Waals surface area (Å²) < 4.78 is 0. The van der Waals surface area contributed by atoms with Crippen molar-refractivity contribution in [1.29, 1.82) is 0 Å². The Morgan fingerprint density at radius 1 is 1.07 bits per heavy atom. The van der Waals surface area contributed by atoms with Crippen molar-refractivity contribution >= 4 is 0 Å². The molecule has 0 heterocycles. The van der Waals surface area contributed by atoms with Gasteiger partial charge in [-0.3, -0.25) is 0 Å². The summed E-state index contributed by atoms with van der Waals surface area (Å²) in [6, 6.07) is 0. The second-order valence-corrected chi connectivity index (χ2v) is 6.23. The van der Waals surface area contributed by atoms with E-state index in [0.717, 1.165) is 0 Å². The fourth-order valence-corrected chi connectivity index (χ4v) is 1.49. The number of rotatable bonds is 0. The highest BCUT2D eigenvalue weighted by molar-refractivity contribution is 5.30. The van der Waals surface area contributed by atoms with Crippen molar-refractivity contribution in [3.63, 3.8) is 0 Å². The van der Waals surface area contributed by atoms with Gasteiger partial charge < -0.3 is 0 Å². The lowest BCUT2D eigenvalue weighted by atomic mass is 9.76. The minimum atomic E-state index is 0.218. The van der Waals surface area contributed by atoms with Crippen molar-refractivity contribution in [2.75, 3.05) is 0 Å². The molecule has 0 bridgehead atoms. The minimum absolute atomic E-state index is 0.218. The number of hydrogen-bond acceptors (Lipinski definition) is 0. The van der Waals surface area contributed by atoms with Crippen molar-refractivity contribution < 1.29 is 0 Å². The highest BCUT2D eigenvalue weighted by Crippen LogP contribution is 2.33. The normalized spacial score (nSPS) is 22.4. The monoisotopic (exact) mass is 190 g/mol. The fourth-order valence-electron chi connectivity index (χ4n) is 1.49. The first-order valence-corrected chi connectivity index (χ1v) is 5.37. The van der Waals surface area contributed by atoms with Gasteiger partial charge in [0.2, 0.25) is 0 Å². The lowest BCUT2D eigenvalue weighted by Crippen LogP contribution is -2.18. The van der Waals surface area contributed by atoms with Crippen LogP contribution in [0, 0.1) is 16.7 Å². The SMILES string of the molecule is CC(C)(C)C1=C=CC(C(C)(C)C)C=C1. The predicted molar refractivity (Wildman–Crippen MR) is 63.1 cm³/mol. The zero-order chi connectivity index (χ0) is 11.0. The van der Waals surface area contributed by atoms with E-state index in [0.29, 0.717) is 11.3 Å². The number of hydrogen-bond donors (Lipinski definition) is 0.